The molecule has 0 aliphatic rings. The van der Waals surface area contributed by atoms with E-state index in [0.717, 1.165) is 0 Å². The van der Waals surface area contributed by atoms with E-state index in [0.29, 0.717) is 21.9 Å². The molecular weight excluding hydrogens is 258 g/mol. The third-order valence-corrected chi connectivity index (χ3v) is 3.34. The molecule has 100 valence electrons. The summed E-state index contributed by atoms with van der Waals surface area (Å²) < 4.78 is 5.66. The summed E-state index contributed by atoms with van der Waals surface area (Å²) in [4.78, 5) is 27.6. The normalized spacial score (nSPS) is 12.7. The Bertz CT molecular complexity index is 882. The van der Waals surface area contributed by atoms with E-state index >= 15 is 0 Å². The molecule has 0 spiro atoms. The summed E-state index contributed by atoms with van der Waals surface area (Å²) in [5, 5.41) is 9.90. The number of aromatic nitrogens is 1. The van der Waals surface area contributed by atoms with Gasteiger partial charge in [-0.1, -0.05) is 12.1 Å². The highest BCUT2D eigenvalue weighted by Gasteiger charge is 2.19. The van der Waals surface area contributed by atoms with Crippen molar-refractivity contribution in [1.29, 1.82) is 0 Å². The number of para-hydroxylation sites is 1. The molecule has 0 saturated heterocycles. The Morgan fingerprint density at radius 3 is 2.75 bits per heavy atom. The maximum absolute atomic E-state index is 12.4. The third-order valence-electron chi connectivity index (χ3n) is 3.34. The zero-order chi connectivity index (χ0) is 14.3. The number of nitrogens with zero attached hydrogens (tertiary/aromatic N) is 1. The number of carboxylic acid groups (broad SMARTS) is 1. The molecule has 0 fully saturated rings. The lowest BCUT2D eigenvalue weighted by molar-refractivity contribution is -0.138. The van der Waals surface area contributed by atoms with Gasteiger partial charge in [0, 0.05) is 11.8 Å². The number of hydrogen-bond acceptors (Lipinski definition) is 4. The highest BCUT2D eigenvalue weighted by Crippen LogP contribution is 2.26. The summed E-state index contributed by atoms with van der Waals surface area (Å²) in [6, 6.07) is 8.25. The molecule has 2 aromatic heterocycles. The van der Waals surface area contributed by atoms with Crippen molar-refractivity contribution in [2.24, 2.45) is 0 Å². The summed E-state index contributed by atoms with van der Waals surface area (Å²) in [5.41, 5.74) is 0.780. The van der Waals surface area contributed by atoms with E-state index < -0.39 is 11.9 Å². The van der Waals surface area contributed by atoms with Crippen LogP contribution in [0.1, 0.15) is 18.4 Å². The van der Waals surface area contributed by atoms with E-state index in [-0.39, 0.29) is 11.1 Å². The Morgan fingerprint density at radius 2 is 2.00 bits per heavy atom. The molecule has 5 nitrogen and oxygen atoms in total. The number of carboxylic acids is 1. The van der Waals surface area contributed by atoms with Gasteiger partial charge in [0.1, 0.15) is 5.58 Å². The summed E-state index contributed by atoms with van der Waals surface area (Å²) in [7, 11) is 0. The maximum atomic E-state index is 12.4. The number of pyridine rings is 1. The number of rotatable bonds is 2. The molecule has 1 atom stereocenters. The van der Waals surface area contributed by atoms with E-state index in [1.54, 1.807) is 37.3 Å². The second-order valence-electron chi connectivity index (χ2n) is 4.57. The molecule has 0 amide bonds. The second kappa shape index (κ2) is 4.45. The average molecular weight is 269 g/mol. The Kier molecular flexibility index (Phi) is 2.75. The summed E-state index contributed by atoms with van der Waals surface area (Å²) in [5.74, 6) is -1.73. The van der Waals surface area contributed by atoms with Gasteiger partial charge in [0.05, 0.1) is 16.7 Å². The first-order valence-electron chi connectivity index (χ1n) is 6.13. The first-order valence-corrected chi connectivity index (χ1v) is 6.13. The minimum atomic E-state index is -0.971. The van der Waals surface area contributed by atoms with Gasteiger partial charge in [-0.3, -0.25) is 9.59 Å². The molecule has 0 aliphatic carbocycles. The fourth-order valence-electron chi connectivity index (χ4n) is 2.21. The van der Waals surface area contributed by atoms with Gasteiger partial charge in [-0.2, -0.15) is 0 Å². The quantitative estimate of drug-likeness (QED) is 0.723. The molecular formula is C15H11NO4. The lowest BCUT2D eigenvalue weighted by Crippen LogP contribution is -2.10. The minimum Gasteiger partial charge on any atom is -0.481 e. The van der Waals surface area contributed by atoms with Crippen LogP contribution in [0.15, 0.2) is 45.7 Å². The largest absolute Gasteiger partial charge is 0.481 e. The number of benzene rings is 1. The van der Waals surface area contributed by atoms with E-state index in [4.69, 9.17) is 9.52 Å². The molecule has 0 aliphatic heterocycles. The molecule has 0 bridgehead atoms. The Labute approximate surface area is 113 Å². The topological polar surface area (TPSA) is 80.4 Å². The predicted molar refractivity (Wildman–Crippen MR) is 73.8 cm³/mol. The Hall–Kier alpha value is -2.69. The number of aliphatic carboxylic acids is 1. The van der Waals surface area contributed by atoms with Gasteiger partial charge < -0.3 is 9.52 Å². The predicted octanol–water partition coefficient (Wildman–Crippen LogP) is 2.53. The molecule has 0 saturated carbocycles. The average Bonchev–Trinajstić information content (AvgIpc) is 2.46. The van der Waals surface area contributed by atoms with Gasteiger partial charge in [-0.05, 0) is 25.1 Å². The maximum Gasteiger partial charge on any atom is 0.310 e. The second-order valence-corrected chi connectivity index (χ2v) is 4.57. The molecule has 1 unspecified atom stereocenters. The van der Waals surface area contributed by atoms with Crippen molar-refractivity contribution >= 4 is 28.0 Å². The number of carbonyl (C=O) groups is 1. The standard InChI is InChI=1S/C15H11NO4/c1-8(15(18)19)9-4-2-5-10-12(17)11-6-3-7-16-14(11)20-13(9)10/h2-8H,1H3,(H,18,19). The molecule has 3 rings (SSSR count). The fraction of sp³-hybridized carbons (Fsp3) is 0.133. The number of fused-ring (bicyclic) bond motifs is 2. The molecule has 5 heteroatoms. The van der Waals surface area contributed by atoms with Crippen molar-refractivity contribution in [3.63, 3.8) is 0 Å². The van der Waals surface area contributed by atoms with Gasteiger partial charge in [0.2, 0.25) is 11.1 Å². The zero-order valence-electron chi connectivity index (χ0n) is 10.7. The van der Waals surface area contributed by atoms with Crippen molar-refractivity contribution < 1.29 is 14.3 Å². The third kappa shape index (κ3) is 1.75. The van der Waals surface area contributed by atoms with Gasteiger partial charge in [0.15, 0.2) is 0 Å². The summed E-state index contributed by atoms with van der Waals surface area (Å²) in [6.45, 7) is 1.56. The smallest absolute Gasteiger partial charge is 0.310 e. The van der Waals surface area contributed by atoms with E-state index in [2.05, 4.69) is 4.98 Å². The van der Waals surface area contributed by atoms with Crippen LogP contribution in [0.25, 0.3) is 22.1 Å². The minimum absolute atomic E-state index is 0.200. The van der Waals surface area contributed by atoms with Gasteiger partial charge in [-0.25, -0.2) is 4.98 Å². The van der Waals surface area contributed by atoms with Crippen LogP contribution in [-0.2, 0) is 4.79 Å². The zero-order valence-corrected chi connectivity index (χ0v) is 10.7. The molecule has 20 heavy (non-hydrogen) atoms. The fourth-order valence-corrected chi connectivity index (χ4v) is 2.21. The van der Waals surface area contributed by atoms with Gasteiger partial charge >= 0.3 is 5.97 Å². The first kappa shape index (κ1) is 12.3. The van der Waals surface area contributed by atoms with Crippen molar-refractivity contribution in [1.82, 2.24) is 4.98 Å². The highest BCUT2D eigenvalue weighted by atomic mass is 16.4. The van der Waals surface area contributed by atoms with Crippen LogP contribution in [0.2, 0.25) is 0 Å². The monoisotopic (exact) mass is 269 g/mol. The number of hydrogen-bond donors (Lipinski definition) is 1. The van der Waals surface area contributed by atoms with Crippen LogP contribution in [0, 0.1) is 0 Å². The van der Waals surface area contributed by atoms with E-state index in [1.165, 1.54) is 6.20 Å². The van der Waals surface area contributed by atoms with Gasteiger partial charge in [-0.15, -0.1) is 0 Å². The molecule has 1 N–H and O–H groups in total. The van der Waals surface area contributed by atoms with Crippen LogP contribution in [0.4, 0.5) is 0 Å². The molecule has 0 radical (unpaired) electrons. The van der Waals surface area contributed by atoms with Crippen molar-refractivity contribution in [3.8, 4) is 0 Å². The van der Waals surface area contributed by atoms with E-state index in [1.807, 2.05) is 0 Å². The molecule has 2 heterocycles. The van der Waals surface area contributed by atoms with Crippen LogP contribution in [-0.4, -0.2) is 16.1 Å². The molecule has 3 aromatic rings. The first-order chi connectivity index (χ1) is 9.59. The Morgan fingerprint density at radius 1 is 1.25 bits per heavy atom. The Balaban J connectivity index is 2.46. The lowest BCUT2D eigenvalue weighted by atomic mass is 9.98. The molecule has 1 aromatic carbocycles. The lowest BCUT2D eigenvalue weighted by Gasteiger charge is -2.09. The van der Waals surface area contributed by atoms with Crippen molar-refractivity contribution in [2.75, 3.05) is 0 Å². The van der Waals surface area contributed by atoms with Crippen molar-refractivity contribution in [3.05, 3.63) is 52.3 Å². The van der Waals surface area contributed by atoms with Crippen molar-refractivity contribution in [2.45, 2.75) is 12.8 Å². The van der Waals surface area contributed by atoms with Crippen LogP contribution >= 0.6 is 0 Å². The van der Waals surface area contributed by atoms with E-state index in [9.17, 15) is 9.59 Å². The highest BCUT2D eigenvalue weighted by molar-refractivity contribution is 5.92. The SMILES string of the molecule is CC(C(=O)O)c1cccc2c(=O)c3cccnc3oc12. The van der Waals surface area contributed by atoms with Crippen LogP contribution in [0.5, 0.6) is 0 Å². The summed E-state index contributed by atoms with van der Waals surface area (Å²) >= 11 is 0. The van der Waals surface area contributed by atoms with Crippen LogP contribution in [0.3, 0.4) is 0 Å². The van der Waals surface area contributed by atoms with Crippen LogP contribution < -0.4 is 5.43 Å². The van der Waals surface area contributed by atoms with Gasteiger partial charge in [0.25, 0.3) is 0 Å². The summed E-state index contributed by atoms with van der Waals surface area (Å²) in [6.07, 6.45) is 1.53.